The molecule has 1 saturated carbocycles. The van der Waals surface area contributed by atoms with Gasteiger partial charge in [0.15, 0.2) is 0 Å². The van der Waals surface area contributed by atoms with Crippen LogP contribution in [0.1, 0.15) is 48.4 Å². The lowest BCUT2D eigenvalue weighted by atomic mass is 10.0. The summed E-state index contributed by atoms with van der Waals surface area (Å²) in [7, 11) is 0. The van der Waals surface area contributed by atoms with Gasteiger partial charge in [0, 0.05) is 12.1 Å². The number of nitrogen functional groups attached to an aromatic ring is 1. The van der Waals surface area contributed by atoms with Gasteiger partial charge in [-0.2, -0.15) is 5.10 Å². The van der Waals surface area contributed by atoms with Crippen molar-refractivity contribution in [3.05, 3.63) is 47.3 Å². The highest BCUT2D eigenvalue weighted by atomic mass is 15.3. The number of anilines is 1. The van der Waals surface area contributed by atoms with E-state index in [-0.39, 0.29) is 0 Å². The van der Waals surface area contributed by atoms with Crippen molar-refractivity contribution in [1.82, 2.24) is 9.78 Å². The van der Waals surface area contributed by atoms with Crippen LogP contribution in [0.3, 0.4) is 0 Å². The van der Waals surface area contributed by atoms with E-state index in [0.29, 0.717) is 5.92 Å². The van der Waals surface area contributed by atoms with Gasteiger partial charge in [-0.15, -0.1) is 0 Å². The van der Waals surface area contributed by atoms with Gasteiger partial charge in [-0.05, 0) is 30.9 Å². The summed E-state index contributed by atoms with van der Waals surface area (Å²) in [5, 5.41) is 4.72. The molecule has 0 saturated heterocycles. The lowest BCUT2D eigenvalue weighted by Gasteiger charge is -2.07. The molecule has 1 heterocycles. The van der Waals surface area contributed by atoms with Gasteiger partial charge in [-0.1, -0.05) is 37.1 Å². The van der Waals surface area contributed by atoms with Gasteiger partial charge in [0.1, 0.15) is 0 Å². The summed E-state index contributed by atoms with van der Waals surface area (Å²) in [6.07, 6.45) is 7.10. The Bertz CT molecular complexity index is 565. The van der Waals surface area contributed by atoms with E-state index in [1.165, 1.54) is 36.8 Å². The Labute approximate surface area is 114 Å². The monoisotopic (exact) mass is 255 g/mol. The van der Waals surface area contributed by atoms with Crippen molar-refractivity contribution < 1.29 is 0 Å². The normalized spacial score (nSPS) is 16.1. The molecule has 1 aromatic carbocycles. The quantitative estimate of drug-likeness (QED) is 0.912. The minimum Gasteiger partial charge on any atom is -0.396 e. The summed E-state index contributed by atoms with van der Waals surface area (Å²) in [6, 6.07) is 8.44. The van der Waals surface area contributed by atoms with Crippen molar-refractivity contribution in [2.45, 2.75) is 45.1 Å². The van der Waals surface area contributed by atoms with Crippen molar-refractivity contribution in [2.24, 2.45) is 0 Å². The van der Waals surface area contributed by atoms with Gasteiger partial charge in [0.25, 0.3) is 0 Å². The van der Waals surface area contributed by atoms with Crippen molar-refractivity contribution in [3.63, 3.8) is 0 Å². The largest absolute Gasteiger partial charge is 0.396 e. The van der Waals surface area contributed by atoms with Crippen LogP contribution in [0.15, 0.2) is 30.5 Å². The third kappa shape index (κ3) is 2.50. The van der Waals surface area contributed by atoms with Gasteiger partial charge in [0.2, 0.25) is 0 Å². The van der Waals surface area contributed by atoms with Crippen LogP contribution in [-0.2, 0) is 6.54 Å². The molecule has 3 heteroatoms. The zero-order chi connectivity index (χ0) is 13.2. The number of benzene rings is 1. The second kappa shape index (κ2) is 5.08. The molecule has 0 radical (unpaired) electrons. The first-order valence-electron chi connectivity index (χ1n) is 7.11. The molecule has 0 atom stereocenters. The lowest BCUT2D eigenvalue weighted by Crippen LogP contribution is -2.03. The zero-order valence-electron chi connectivity index (χ0n) is 11.5. The van der Waals surface area contributed by atoms with E-state index >= 15 is 0 Å². The highest BCUT2D eigenvalue weighted by Crippen LogP contribution is 2.35. The van der Waals surface area contributed by atoms with Crippen LogP contribution >= 0.6 is 0 Å². The molecule has 3 rings (SSSR count). The summed E-state index contributed by atoms with van der Waals surface area (Å²) in [5.74, 6) is 0.582. The molecule has 100 valence electrons. The molecule has 1 aliphatic carbocycles. The van der Waals surface area contributed by atoms with E-state index in [9.17, 15) is 0 Å². The fraction of sp³-hybridized carbons (Fsp3) is 0.438. The van der Waals surface area contributed by atoms with Crippen LogP contribution in [0.4, 0.5) is 5.69 Å². The molecule has 0 amide bonds. The molecule has 1 fully saturated rings. The Balaban J connectivity index is 1.82. The molecule has 0 unspecified atom stereocenters. The lowest BCUT2D eigenvalue weighted by molar-refractivity contribution is 0.628. The summed E-state index contributed by atoms with van der Waals surface area (Å²) < 4.78 is 1.99. The van der Waals surface area contributed by atoms with Crippen LogP contribution in [0.25, 0.3) is 0 Å². The molecule has 2 aromatic rings. The summed E-state index contributed by atoms with van der Waals surface area (Å²) in [6.45, 7) is 2.95. The van der Waals surface area contributed by atoms with Crippen molar-refractivity contribution in [3.8, 4) is 0 Å². The number of nitrogens with zero attached hydrogens (tertiary/aromatic N) is 2. The highest BCUT2D eigenvalue weighted by Gasteiger charge is 2.22. The molecular weight excluding hydrogens is 234 g/mol. The maximum Gasteiger partial charge on any atom is 0.0884 e. The predicted molar refractivity (Wildman–Crippen MR) is 78.1 cm³/mol. The Kier molecular flexibility index (Phi) is 3.28. The molecule has 2 N–H and O–H groups in total. The van der Waals surface area contributed by atoms with E-state index in [1.807, 2.05) is 10.9 Å². The number of hydrogen-bond acceptors (Lipinski definition) is 2. The fourth-order valence-corrected chi connectivity index (χ4v) is 3.01. The van der Waals surface area contributed by atoms with E-state index in [1.54, 1.807) is 0 Å². The minimum absolute atomic E-state index is 0.582. The van der Waals surface area contributed by atoms with Gasteiger partial charge in [0.05, 0.1) is 17.9 Å². The molecule has 1 aliphatic rings. The summed E-state index contributed by atoms with van der Waals surface area (Å²) >= 11 is 0. The summed E-state index contributed by atoms with van der Waals surface area (Å²) in [5.41, 5.74) is 10.7. The molecule has 0 bridgehead atoms. The average molecular weight is 255 g/mol. The predicted octanol–water partition coefficient (Wildman–Crippen LogP) is 3.48. The number of hydrogen-bond donors (Lipinski definition) is 1. The first-order valence-corrected chi connectivity index (χ1v) is 7.11. The van der Waals surface area contributed by atoms with Gasteiger partial charge < -0.3 is 5.73 Å². The SMILES string of the molecule is Cc1ccccc1Cn1cc(N)c(C2CCCC2)n1. The Morgan fingerprint density at radius 1 is 1.26 bits per heavy atom. The molecular formula is C16H21N3. The molecule has 0 aliphatic heterocycles. The number of aromatic nitrogens is 2. The van der Waals surface area contributed by atoms with E-state index in [2.05, 4.69) is 31.2 Å². The summed E-state index contributed by atoms with van der Waals surface area (Å²) in [4.78, 5) is 0. The third-order valence-electron chi connectivity index (χ3n) is 4.16. The van der Waals surface area contributed by atoms with Gasteiger partial charge in [-0.25, -0.2) is 0 Å². The fourth-order valence-electron chi connectivity index (χ4n) is 3.01. The van der Waals surface area contributed by atoms with Gasteiger partial charge >= 0.3 is 0 Å². The van der Waals surface area contributed by atoms with Crippen LogP contribution in [-0.4, -0.2) is 9.78 Å². The first-order chi connectivity index (χ1) is 9.24. The zero-order valence-corrected chi connectivity index (χ0v) is 11.5. The van der Waals surface area contributed by atoms with E-state index in [4.69, 9.17) is 10.8 Å². The second-order valence-corrected chi connectivity index (χ2v) is 5.58. The molecule has 19 heavy (non-hydrogen) atoms. The smallest absolute Gasteiger partial charge is 0.0884 e. The van der Waals surface area contributed by atoms with E-state index < -0.39 is 0 Å². The number of rotatable bonds is 3. The molecule has 0 spiro atoms. The maximum absolute atomic E-state index is 6.13. The average Bonchev–Trinajstić information content (AvgIpc) is 3.01. The van der Waals surface area contributed by atoms with Crippen molar-refractivity contribution in [2.75, 3.05) is 5.73 Å². The van der Waals surface area contributed by atoms with Crippen molar-refractivity contribution >= 4 is 5.69 Å². The third-order valence-corrected chi connectivity index (χ3v) is 4.16. The number of aryl methyl sites for hydroxylation is 1. The van der Waals surface area contributed by atoms with Crippen LogP contribution in [0.2, 0.25) is 0 Å². The van der Waals surface area contributed by atoms with Gasteiger partial charge in [-0.3, -0.25) is 4.68 Å². The topological polar surface area (TPSA) is 43.8 Å². The Morgan fingerprint density at radius 2 is 2.00 bits per heavy atom. The standard InChI is InChI=1S/C16H21N3/c1-12-6-2-3-9-14(12)10-19-11-15(17)16(18-19)13-7-4-5-8-13/h2-3,6,9,11,13H,4-5,7-8,10,17H2,1H3. The highest BCUT2D eigenvalue weighted by molar-refractivity contribution is 5.43. The minimum atomic E-state index is 0.582. The van der Waals surface area contributed by atoms with Crippen LogP contribution < -0.4 is 5.73 Å². The molecule has 1 aromatic heterocycles. The Morgan fingerprint density at radius 3 is 2.74 bits per heavy atom. The molecule has 3 nitrogen and oxygen atoms in total. The number of nitrogens with two attached hydrogens (primary N) is 1. The van der Waals surface area contributed by atoms with Crippen LogP contribution in [0.5, 0.6) is 0 Å². The van der Waals surface area contributed by atoms with Crippen molar-refractivity contribution in [1.29, 1.82) is 0 Å². The van der Waals surface area contributed by atoms with E-state index in [0.717, 1.165) is 17.9 Å². The Hall–Kier alpha value is -1.77. The maximum atomic E-state index is 6.13. The second-order valence-electron chi connectivity index (χ2n) is 5.58. The first kappa shape index (κ1) is 12.3. The van der Waals surface area contributed by atoms with Crippen LogP contribution in [0, 0.1) is 6.92 Å².